The molecule has 0 saturated heterocycles. The van der Waals surface area contributed by atoms with Gasteiger partial charge in [-0.15, -0.1) is 9.05 Å². The molecule has 92 valence electrons. The third kappa shape index (κ3) is 11.6. The van der Waals surface area contributed by atoms with Gasteiger partial charge in [-0.1, -0.05) is 23.3 Å². The van der Waals surface area contributed by atoms with Crippen LogP contribution in [-0.4, -0.2) is 13.2 Å². The van der Waals surface area contributed by atoms with E-state index in [1.165, 1.54) is 11.1 Å². The maximum atomic E-state index is 11.2. The highest BCUT2D eigenvalue weighted by molar-refractivity contribution is 7.33. The zero-order valence-electron chi connectivity index (χ0n) is 10.7. The Labute approximate surface area is 99.5 Å². The monoisotopic (exact) mass is 245 g/mol. The van der Waals surface area contributed by atoms with Crippen LogP contribution in [0.3, 0.4) is 0 Å². The van der Waals surface area contributed by atoms with Crippen LogP contribution in [0.5, 0.6) is 0 Å². The SMILES string of the molecule is CC(C)=CCCO[P+](=O)OCCC=C(C)C. The highest BCUT2D eigenvalue weighted by Crippen LogP contribution is 2.24. The maximum Gasteiger partial charge on any atom is 0.697 e. The van der Waals surface area contributed by atoms with E-state index in [9.17, 15) is 4.57 Å². The Morgan fingerprint density at radius 1 is 0.938 bits per heavy atom. The molecule has 0 aliphatic rings. The van der Waals surface area contributed by atoms with E-state index in [4.69, 9.17) is 9.05 Å². The van der Waals surface area contributed by atoms with E-state index < -0.39 is 8.25 Å². The molecule has 16 heavy (non-hydrogen) atoms. The van der Waals surface area contributed by atoms with Gasteiger partial charge in [-0.25, -0.2) is 0 Å². The van der Waals surface area contributed by atoms with E-state index in [0.717, 1.165) is 12.8 Å². The van der Waals surface area contributed by atoms with E-state index >= 15 is 0 Å². The summed E-state index contributed by atoms with van der Waals surface area (Å²) < 4.78 is 21.2. The summed E-state index contributed by atoms with van der Waals surface area (Å²) in [5.74, 6) is 0. The fraction of sp³-hybridized carbons (Fsp3) is 0.667. The molecule has 0 spiro atoms. The van der Waals surface area contributed by atoms with Gasteiger partial charge < -0.3 is 0 Å². The highest BCUT2D eigenvalue weighted by atomic mass is 31.1. The van der Waals surface area contributed by atoms with Gasteiger partial charge in [-0.3, -0.25) is 0 Å². The van der Waals surface area contributed by atoms with Crippen LogP contribution in [0.1, 0.15) is 40.5 Å². The Bertz CT molecular complexity index is 235. The van der Waals surface area contributed by atoms with Crippen molar-refractivity contribution in [2.24, 2.45) is 0 Å². The van der Waals surface area contributed by atoms with Crippen molar-refractivity contribution in [3.05, 3.63) is 23.3 Å². The van der Waals surface area contributed by atoms with Crippen molar-refractivity contribution in [1.29, 1.82) is 0 Å². The molecule has 0 aliphatic carbocycles. The molecular weight excluding hydrogens is 223 g/mol. The minimum Gasteiger partial charge on any atom is -0.119 e. The second-order valence-corrected chi connectivity index (χ2v) is 4.99. The van der Waals surface area contributed by atoms with Crippen molar-refractivity contribution in [1.82, 2.24) is 0 Å². The smallest absolute Gasteiger partial charge is 0.119 e. The van der Waals surface area contributed by atoms with E-state index in [1.54, 1.807) is 0 Å². The Kier molecular flexibility index (Phi) is 9.40. The molecular formula is C12H22O3P+. The predicted molar refractivity (Wildman–Crippen MR) is 67.6 cm³/mol. The van der Waals surface area contributed by atoms with Crippen LogP contribution in [0.25, 0.3) is 0 Å². The summed E-state index contributed by atoms with van der Waals surface area (Å²) >= 11 is 0. The molecule has 0 aromatic carbocycles. The average Bonchev–Trinajstić information content (AvgIpc) is 2.19. The molecule has 0 bridgehead atoms. The van der Waals surface area contributed by atoms with E-state index in [1.807, 2.05) is 39.8 Å². The van der Waals surface area contributed by atoms with Crippen LogP contribution in [0.15, 0.2) is 23.3 Å². The molecule has 0 saturated carbocycles. The van der Waals surface area contributed by atoms with E-state index in [-0.39, 0.29) is 0 Å². The lowest BCUT2D eigenvalue weighted by atomic mass is 10.3. The van der Waals surface area contributed by atoms with Gasteiger partial charge in [0.2, 0.25) is 0 Å². The first-order valence-corrected chi connectivity index (χ1v) is 6.61. The first-order valence-electron chi connectivity index (χ1n) is 5.52. The molecule has 0 fully saturated rings. The number of hydrogen-bond donors (Lipinski definition) is 0. The summed E-state index contributed by atoms with van der Waals surface area (Å²) in [4.78, 5) is 0. The van der Waals surface area contributed by atoms with Gasteiger partial charge in [-0.05, 0) is 40.5 Å². The second kappa shape index (κ2) is 9.71. The molecule has 0 heterocycles. The van der Waals surface area contributed by atoms with Crippen molar-refractivity contribution in [2.75, 3.05) is 13.2 Å². The quantitative estimate of drug-likeness (QED) is 0.361. The zero-order chi connectivity index (χ0) is 12.4. The lowest BCUT2D eigenvalue weighted by molar-refractivity contribution is 0.231. The van der Waals surface area contributed by atoms with Crippen molar-refractivity contribution in [2.45, 2.75) is 40.5 Å². The molecule has 3 nitrogen and oxygen atoms in total. The summed E-state index contributed by atoms with van der Waals surface area (Å²) in [6, 6.07) is 0. The topological polar surface area (TPSA) is 35.5 Å². The fourth-order valence-corrected chi connectivity index (χ4v) is 1.57. The van der Waals surface area contributed by atoms with E-state index in [0.29, 0.717) is 13.2 Å². The minimum absolute atomic E-state index is 0.447. The molecule has 0 aromatic heterocycles. The molecule has 4 heteroatoms. The van der Waals surface area contributed by atoms with Crippen LogP contribution < -0.4 is 0 Å². The molecule has 0 radical (unpaired) electrons. The van der Waals surface area contributed by atoms with Crippen molar-refractivity contribution in [3.63, 3.8) is 0 Å². The Morgan fingerprint density at radius 3 is 1.62 bits per heavy atom. The summed E-state index contributed by atoms with van der Waals surface area (Å²) in [6.07, 6.45) is 5.65. The summed E-state index contributed by atoms with van der Waals surface area (Å²) in [6.45, 7) is 8.99. The summed E-state index contributed by atoms with van der Waals surface area (Å²) in [7, 11) is -1.95. The molecule has 0 N–H and O–H groups in total. The lowest BCUT2D eigenvalue weighted by Crippen LogP contribution is -1.89. The fourth-order valence-electron chi connectivity index (χ4n) is 0.987. The number of rotatable bonds is 8. The largest absolute Gasteiger partial charge is 0.697 e. The van der Waals surface area contributed by atoms with Crippen molar-refractivity contribution in [3.8, 4) is 0 Å². The Hall–Kier alpha value is -0.500. The molecule has 0 aromatic rings. The third-order valence-electron chi connectivity index (χ3n) is 1.73. The standard InChI is InChI=1S/C12H22O3P/c1-11(2)7-5-9-14-16(13)15-10-6-8-12(3)4/h7-8H,5-6,9-10H2,1-4H3/q+1. The normalized spacial score (nSPS) is 9.75. The van der Waals surface area contributed by atoms with Crippen LogP contribution in [0.4, 0.5) is 0 Å². The number of hydrogen-bond acceptors (Lipinski definition) is 3. The predicted octanol–water partition coefficient (Wildman–Crippen LogP) is 4.39. The third-order valence-corrected chi connectivity index (χ3v) is 2.52. The van der Waals surface area contributed by atoms with Gasteiger partial charge in [0.25, 0.3) is 0 Å². The molecule has 0 rings (SSSR count). The van der Waals surface area contributed by atoms with Crippen molar-refractivity contribution < 1.29 is 13.6 Å². The molecule has 0 unspecified atom stereocenters. The van der Waals surface area contributed by atoms with Crippen LogP contribution in [-0.2, 0) is 13.6 Å². The van der Waals surface area contributed by atoms with Gasteiger partial charge in [0, 0.05) is 4.57 Å². The van der Waals surface area contributed by atoms with Gasteiger partial charge in [0.05, 0.1) is 0 Å². The Morgan fingerprint density at radius 2 is 1.31 bits per heavy atom. The van der Waals surface area contributed by atoms with Crippen LogP contribution in [0, 0.1) is 0 Å². The lowest BCUT2D eigenvalue weighted by Gasteiger charge is -1.91. The van der Waals surface area contributed by atoms with Gasteiger partial charge in [0.1, 0.15) is 13.2 Å². The summed E-state index contributed by atoms with van der Waals surface area (Å²) in [5, 5.41) is 0. The molecule has 0 amide bonds. The zero-order valence-corrected chi connectivity index (χ0v) is 11.5. The summed E-state index contributed by atoms with van der Waals surface area (Å²) in [5.41, 5.74) is 2.48. The molecule has 0 aliphatic heterocycles. The first-order chi connectivity index (χ1) is 7.52. The minimum atomic E-state index is -1.95. The van der Waals surface area contributed by atoms with Gasteiger partial charge >= 0.3 is 8.25 Å². The van der Waals surface area contributed by atoms with Crippen molar-refractivity contribution >= 4 is 8.25 Å². The second-order valence-electron chi connectivity index (χ2n) is 4.03. The highest BCUT2D eigenvalue weighted by Gasteiger charge is 2.18. The van der Waals surface area contributed by atoms with E-state index in [2.05, 4.69) is 0 Å². The van der Waals surface area contributed by atoms with Gasteiger partial charge in [0.15, 0.2) is 0 Å². The first kappa shape index (κ1) is 15.5. The Balaban J connectivity index is 3.45. The average molecular weight is 245 g/mol. The number of allylic oxidation sites excluding steroid dienone is 2. The van der Waals surface area contributed by atoms with Gasteiger partial charge in [-0.2, -0.15) is 0 Å². The maximum absolute atomic E-state index is 11.2. The van der Waals surface area contributed by atoms with Crippen LogP contribution in [0.2, 0.25) is 0 Å². The molecule has 0 atom stereocenters. The van der Waals surface area contributed by atoms with Crippen LogP contribution >= 0.6 is 8.25 Å².